The molecule has 0 bridgehead atoms. The van der Waals surface area contributed by atoms with E-state index in [0.717, 1.165) is 0 Å². The van der Waals surface area contributed by atoms with Gasteiger partial charge in [0, 0.05) is 0 Å². The molecule has 2 aliphatic rings. The van der Waals surface area contributed by atoms with Crippen LogP contribution in [0.3, 0.4) is 0 Å². The van der Waals surface area contributed by atoms with Crippen LogP contribution < -0.4 is 0 Å². The highest BCUT2D eigenvalue weighted by Crippen LogP contribution is 2.57. The van der Waals surface area contributed by atoms with Crippen molar-refractivity contribution in [2.45, 2.75) is 82.7 Å². The maximum Gasteiger partial charge on any atom is 0.0932 e. The van der Waals surface area contributed by atoms with Crippen molar-refractivity contribution in [1.29, 1.82) is 0 Å². The molecule has 4 heteroatoms. The molecule has 112 valence electrons. The van der Waals surface area contributed by atoms with Gasteiger partial charge in [0.05, 0.1) is 22.9 Å². The first-order valence-corrected chi connectivity index (χ1v) is 7.28. The zero-order valence-electron chi connectivity index (χ0n) is 12.5. The molecule has 4 nitrogen and oxygen atoms in total. The van der Waals surface area contributed by atoms with Crippen molar-refractivity contribution < 1.29 is 20.4 Å². The first kappa shape index (κ1) is 15.2. The summed E-state index contributed by atoms with van der Waals surface area (Å²) in [4.78, 5) is 0. The molecule has 2 saturated carbocycles. The number of aliphatic hydroxyl groups excluding tert-OH is 1. The van der Waals surface area contributed by atoms with E-state index in [1.165, 1.54) is 0 Å². The van der Waals surface area contributed by atoms with Gasteiger partial charge in [-0.25, -0.2) is 0 Å². The quantitative estimate of drug-likeness (QED) is 0.578. The molecule has 0 aliphatic heterocycles. The summed E-state index contributed by atoms with van der Waals surface area (Å²) in [7, 11) is 0. The first-order chi connectivity index (χ1) is 8.42. The van der Waals surface area contributed by atoms with Crippen LogP contribution in [0.1, 0.15) is 59.8 Å². The molecule has 0 heterocycles. The number of fused-ring (bicyclic) bond motifs is 1. The molecule has 0 amide bonds. The van der Waals surface area contributed by atoms with Crippen LogP contribution in [0.4, 0.5) is 0 Å². The second-order valence-electron chi connectivity index (χ2n) is 7.76. The zero-order chi connectivity index (χ0) is 14.7. The van der Waals surface area contributed by atoms with Crippen LogP contribution in [-0.4, -0.2) is 43.3 Å². The van der Waals surface area contributed by atoms with Crippen molar-refractivity contribution in [1.82, 2.24) is 0 Å². The van der Waals surface area contributed by atoms with E-state index in [1.54, 1.807) is 20.8 Å². The van der Waals surface area contributed by atoms with Crippen LogP contribution in [0.2, 0.25) is 0 Å². The Labute approximate surface area is 115 Å². The average Bonchev–Trinajstić information content (AvgIpc) is 2.26. The van der Waals surface area contributed by atoms with Crippen LogP contribution in [0.15, 0.2) is 0 Å². The number of hydrogen-bond donors (Lipinski definition) is 4. The molecule has 0 aromatic heterocycles. The zero-order valence-corrected chi connectivity index (χ0v) is 12.5. The van der Waals surface area contributed by atoms with Gasteiger partial charge in [-0.15, -0.1) is 0 Å². The first-order valence-electron chi connectivity index (χ1n) is 7.28. The molecule has 19 heavy (non-hydrogen) atoms. The second kappa shape index (κ2) is 4.17. The van der Waals surface area contributed by atoms with Crippen LogP contribution in [0, 0.1) is 11.3 Å². The van der Waals surface area contributed by atoms with Crippen molar-refractivity contribution in [3.63, 3.8) is 0 Å². The van der Waals surface area contributed by atoms with E-state index < -0.39 is 22.9 Å². The second-order valence-corrected chi connectivity index (χ2v) is 7.76. The van der Waals surface area contributed by atoms with Gasteiger partial charge in [0.1, 0.15) is 0 Å². The predicted octanol–water partition coefficient (Wildman–Crippen LogP) is 1.20. The van der Waals surface area contributed by atoms with Crippen LogP contribution in [0.5, 0.6) is 0 Å². The topological polar surface area (TPSA) is 80.9 Å². The third-order valence-corrected chi connectivity index (χ3v) is 5.99. The van der Waals surface area contributed by atoms with Crippen molar-refractivity contribution in [2.24, 2.45) is 11.3 Å². The van der Waals surface area contributed by atoms with Crippen molar-refractivity contribution in [2.75, 3.05) is 0 Å². The summed E-state index contributed by atoms with van der Waals surface area (Å²) in [6, 6.07) is 0. The number of rotatable bonds is 1. The van der Waals surface area contributed by atoms with Gasteiger partial charge < -0.3 is 20.4 Å². The summed E-state index contributed by atoms with van der Waals surface area (Å²) in [6.45, 7) is 7.02. The Balaban J connectivity index is 2.35. The van der Waals surface area contributed by atoms with Crippen LogP contribution >= 0.6 is 0 Å². The van der Waals surface area contributed by atoms with Crippen LogP contribution in [-0.2, 0) is 0 Å². The van der Waals surface area contributed by atoms with Gasteiger partial charge in [-0.05, 0) is 64.2 Å². The standard InChI is InChI=1S/C15H28O4/c1-12(2,17)15(19)8-7-13(3)10(9-15)14(4,18)6-5-11(13)16/h10-11,16-19H,5-9H2,1-4H3/t10-,11+,13-,14+,15+/m1/s1. The molecule has 0 saturated heterocycles. The lowest BCUT2D eigenvalue weighted by atomic mass is 9.50. The summed E-state index contributed by atoms with van der Waals surface area (Å²) in [5.41, 5.74) is -3.67. The summed E-state index contributed by atoms with van der Waals surface area (Å²) < 4.78 is 0. The Bertz CT molecular complexity index is 360. The van der Waals surface area contributed by atoms with E-state index in [-0.39, 0.29) is 11.3 Å². The smallest absolute Gasteiger partial charge is 0.0932 e. The summed E-state index contributed by atoms with van der Waals surface area (Å²) in [5, 5.41) is 41.9. The van der Waals surface area contributed by atoms with Crippen molar-refractivity contribution in [3.8, 4) is 0 Å². The van der Waals surface area contributed by atoms with Crippen molar-refractivity contribution >= 4 is 0 Å². The Kier molecular flexibility index (Phi) is 3.34. The molecular weight excluding hydrogens is 244 g/mol. The van der Waals surface area contributed by atoms with Gasteiger partial charge in [0.15, 0.2) is 0 Å². The Hall–Kier alpha value is -0.160. The highest BCUT2D eigenvalue weighted by molar-refractivity contribution is 5.11. The molecule has 2 fully saturated rings. The third kappa shape index (κ3) is 2.23. The minimum Gasteiger partial charge on any atom is -0.393 e. The van der Waals surface area contributed by atoms with E-state index in [2.05, 4.69) is 0 Å². The van der Waals surface area contributed by atoms with E-state index in [4.69, 9.17) is 0 Å². The summed E-state index contributed by atoms with van der Waals surface area (Å²) in [6.07, 6.45) is 2.10. The molecule has 0 aromatic rings. The predicted molar refractivity (Wildman–Crippen MR) is 72.6 cm³/mol. The van der Waals surface area contributed by atoms with Gasteiger partial charge in [0.25, 0.3) is 0 Å². The molecule has 2 rings (SSSR count). The lowest BCUT2D eigenvalue weighted by Gasteiger charge is -2.59. The fraction of sp³-hybridized carbons (Fsp3) is 1.00. The largest absolute Gasteiger partial charge is 0.393 e. The highest BCUT2D eigenvalue weighted by atomic mass is 16.4. The normalized spacial score (nSPS) is 51.8. The van der Waals surface area contributed by atoms with Crippen LogP contribution in [0.25, 0.3) is 0 Å². The molecular formula is C15H28O4. The van der Waals surface area contributed by atoms with E-state index in [1.807, 2.05) is 6.92 Å². The van der Waals surface area contributed by atoms with Gasteiger partial charge in [-0.1, -0.05) is 6.92 Å². The van der Waals surface area contributed by atoms with Gasteiger partial charge in [0.2, 0.25) is 0 Å². The lowest BCUT2D eigenvalue weighted by molar-refractivity contribution is -0.235. The fourth-order valence-corrected chi connectivity index (χ4v) is 4.14. The Morgan fingerprint density at radius 3 is 2.16 bits per heavy atom. The van der Waals surface area contributed by atoms with E-state index >= 15 is 0 Å². The number of hydrogen-bond acceptors (Lipinski definition) is 4. The van der Waals surface area contributed by atoms with Gasteiger partial charge in [-0.3, -0.25) is 0 Å². The van der Waals surface area contributed by atoms with Gasteiger partial charge in [-0.2, -0.15) is 0 Å². The summed E-state index contributed by atoms with van der Waals surface area (Å²) in [5.74, 6) is -0.200. The van der Waals surface area contributed by atoms with E-state index in [0.29, 0.717) is 32.1 Å². The molecule has 4 N–H and O–H groups in total. The Morgan fingerprint density at radius 2 is 1.63 bits per heavy atom. The SMILES string of the molecule is CC(C)(O)[C@]1(O)CC[C@]2(C)[C@@H](C1)[C@@](C)(O)CC[C@@H]2O. The fourth-order valence-electron chi connectivity index (χ4n) is 4.14. The molecule has 0 radical (unpaired) electrons. The number of aliphatic hydroxyl groups is 4. The monoisotopic (exact) mass is 272 g/mol. The molecule has 5 atom stereocenters. The maximum absolute atomic E-state index is 10.7. The third-order valence-electron chi connectivity index (χ3n) is 5.99. The average molecular weight is 272 g/mol. The molecule has 2 aliphatic carbocycles. The Morgan fingerprint density at radius 1 is 1.05 bits per heavy atom. The highest BCUT2D eigenvalue weighted by Gasteiger charge is 2.60. The van der Waals surface area contributed by atoms with Gasteiger partial charge >= 0.3 is 0 Å². The maximum atomic E-state index is 10.7. The molecule has 0 unspecified atom stereocenters. The van der Waals surface area contributed by atoms with Crippen molar-refractivity contribution in [3.05, 3.63) is 0 Å². The summed E-state index contributed by atoms with van der Waals surface area (Å²) >= 11 is 0. The lowest BCUT2D eigenvalue weighted by Crippen LogP contribution is -2.64. The molecule has 0 aromatic carbocycles. The molecule has 0 spiro atoms. The minimum absolute atomic E-state index is 0.200. The van der Waals surface area contributed by atoms with E-state index in [9.17, 15) is 20.4 Å². The minimum atomic E-state index is -1.20.